The van der Waals surface area contributed by atoms with Gasteiger partial charge in [-0.25, -0.2) is 12.8 Å². The van der Waals surface area contributed by atoms with E-state index < -0.39 is 21.7 Å². The first-order valence-corrected chi connectivity index (χ1v) is 9.48. The highest BCUT2D eigenvalue weighted by Gasteiger charge is 2.22. The van der Waals surface area contributed by atoms with Gasteiger partial charge in [0.15, 0.2) is 0 Å². The summed E-state index contributed by atoms with van der Waals surface area (Å²) in [6.45, 7) is 4.20. The summed E-state index contributed by atoms with van der Waals surface area (Å²) >= 11 is 5.87. The van der Waals surface area contributed by atoms with Crippen LogP contribution in [-0.2, 0) is 10.0 Å². The number of benzene rings is 2. The summed E-state index contributed by atoms with van der Waals surface area (Å²) in [4.78, 5) is 12.4. The third kappa shape index (κ3) is 4.36. The second-order valence-electron chi connectivity index (χ2n) is 5.20. The molecule has 1 N–H and O–H groups in total. The first-order valence-electron chi connectivity index (χ1n) is 7.66. The van der Waals surface area contributed by atoms with Gasteiger partial charge in [-0.15, -0.1) is 0 Å². The van der Waals surface area contributed by atoms with E-state index in [0.29, 0.717) is 18.8 Å². The van der Waals surface area contributed by atoms with Crippen LogP contribution in [0.15, 0.2) is 47.4 Å². The van der Waals surface area contributed by atoms with Crippen molar-refractivity contribution in [3.8, 4) is 0 Å². The molecule has 0 atom stereocenters. The number of sulfonamides is 1. The molecule has 0 heterocycles. The minimum atomic E-state index is -3.63. The van der Waals surface area contributed by atoms with Crippen LogP contribution in [0.25, 0.3) is 0 Å². The minimum absolute atomic E-state index is 0.0237. The summed E-state index contributed by atoms with van der Waals surface area (Å²) in [6.07, 6.45) is 0. The molecule has 2 aromatic rings. The van der Waals surface area contributed by atoms with Gasteiger partial charge in [0.05, 0.1) is 15.5 Å². The zero-order valence-electron chi connectivity index (χ0n) is 13.8. The lowest BCUT2D eigenvalue weighted by Gasteiger charge is -2.18. The minimum Gasteiger partial charge on any atom is -0.322 e. The van der Waals surface area contributed by atoms with Gasteiger partial charge in [0.2, 0.25) is 10.0 Å². The normalized spacial score (nSPS) is 11.6. The zero-order valence-corrected chi connectivity index (χ0v) is 15.4. The summed E-state index contributed by atoms with van der Waals surface area (Å²) in [7, 11) is -3.63. The Labute approximate surface area is 151 Å². The lowest BCUT2D eigenvalue weighted by atomic mass is 10.2. The van der Waals surface area contributed by atoms with Crippen molar-refractivity contribution >= 4 is 33.2 Å². The van der Waals surface area contributed by atoms with E-state index in [2.05, 4.69) is 5.32 Å². The number of rotatable bonds is 6. The molecule has 1 amide bonds. The number of amides is 1. The first-order chi connectivity index (χ1) is 11.8. The van der Waals surface area contributed by atoms with Crippen molar-refractivity contribution in [2.75, 3.05) is 18.4 Å². The van der Waals surface area contributed by atoms with Crippen LogP contribution < -0.4 is 5.32 Å². The zero-order chi connectivity index (χ0) is 18.6. The van der Waals surface area contributed by atoms with Gasteiger partial charge in [0.25, 0.3) is 5.91 Å². The molecular weight excluding hydrogens is 367 g/mol. The highest BCUT2D eigenvalue weighted by molar-refractivity contribution is 7.89. The molecule has 0 saturated heterocycles. The van der Waals surface area contributed by atoms with Crippen LogP contribution >= 0.6 is 11.6 Å². The van der Waals surface area contributed by atoms with Gasteiger partial charge in [-0.2, -0.15) is 4.31 Å². The maximum atomic E-state index is 13.1. The van der Waals surface area contributed by atoms with Gasteiger partial charge in [-0.05, 0) is 36.4 Å². The lowest BCUT2D eigenvalue weighted by Crippen LogP contribution is -2.30. The number of anilines is 1. The van der Waals surface area contributed by atoms with E-state index in [0.717, 1.165) is 12.1 Å². The van der Waals surface area contributed by atoms with Gasteiger partial charge < -0.3 is 5.32 Å². The molecular formula is C17H18ClFN2O3S. The molecule has 0 aliphatic carbocycles. The summed E-state index contributed by atoms with van der Waals surface area (Å²) < 4.78 is 39.5. The molecule has 0 aliphatic rings. The van der Waals surface area contributed by atoms with E-state index in [-0.39, 0.29) is 15.5 Å². The van der Waals surface area contributed by atoms with Crippen LogP contribution in [0.5, 0.6) is 0 Å². The Morgan fingerprint density at radius 1 is 1.16 bits per heavy atom. The number of nitrogens with one attached hydrogen (secondary N) is 1. The van der Waals surface area contributed by atoms with Gasteiger partial charge >= 0.3 is 0 Å². The molecule has 0 saturated carbocycles. The monoisotopic (exact) mass is 384 g/mol. The third-order valence-electron chi connectivity index (χ3n) is 3.61. The van der Waals surface area contributed by atoms with E-state index >= 15 is 0 Å². The highest BCUT2D eigenvalue weighted by atomic mass is 35.5. The van der Waals surface area contributed by atoms with Crippen LogP contribution in [0.4, 0.5) is 10.1 Å². The summed E-state index contributed by atoms with van der Waals surface area (Å²) in [5, 5.41) is 2.55. The molecule has 5 nitrogen and oxygen atoms in total. The van der Waals surface area contributed by atoms with Crippen molar-refractivity contribution in [2.24, 2.45) is 0 Å². The molecule has 134 valence electrons. The Kier molecular flexibility index (Phi) is 6.16. The quantitative estimate of drug-likeness (QED) is 0.824. The molecule has 2 aromatic carbocycles. The predicted molar refractivity (Wildman–Crippen MR) is 95.9 cm³/mol. The predicted octanol–water partition coefficient (Wildman–Crippen LogP) is 3.76. The van der Waals surface area contributed by atoms with Gasteiger partial charge in [-0.3, -0.25) is 4.79 Å². The average molecular weight is 385 g/mol. The van der Waals surface area contributed by atoms with Crippen molar-refractivity contribution in [3.05, 3.63) is 58.9 Å². The fourth-order valence-electron chi connectivity index (χ4n) is 2.32. The number of nitrogens with zero attached hydrogens (tertiary/aromatic N) is 1. The van der Waals surface area contributed by atoms with Crippen LogP contribution in [-0.4, -0.2) is 31.7 Å². The van der Waals surface area contributed by atoms with Crippen molar-refractivity contribution in [1.29, 1.82) is 0 Å². The van der Waals surface area contributed by atoms with Crippen molar-refractivity contribution in [1.82, 2.24) is 4.31 Å². The molecule has 2 rings (SSSR count). The van der Waals surface area contributed by atoms with E-state index in [9.17, 15) is 17.6 Å². The number of carbonyl (C=O) groups excluding carboxylic acids is 1. The van der Waals surface area contributed by atoms with E-state index in [4.69, 9.17) is 11.6 Å². The highest BCUT2D eigenvalue weighted by Crippen LogP contribution is 2.22. The molecule has 0 fully saturated rings. The largest absolute Gasteiger partial charge is 0.322 e. The molecule has 8 heteroatoms. The second kappa shape index (κ2) is 7.95. The Bertz CT molecular complexity index is 883. The topological polar surface area (TPSA) is 66.5 Å². The standard InChI is InChI=1S/C17H18ClFN2O3S/c1-3-21(4-2)25(23,24)14-7-5-6-13(11-14)20-17(22)15-9-8-12(19)10-16(15)18/h5-11H,3-4H2,1-2H3,(H,20,22). The summed E-state index contributed by atoms with van der Waals surface area (Å²) in [6, 6.07) is 9.38. The molecule has 0 aromatic heterocycles. The fraction of sp³-hybridized carbons (Fsp3) is 0.235. The number of hydrogen-bond donors (Lipinski definition) is 1. The molecule has 0 radical (unpaired) electrons. The lowest BCUT2D eigenvalue weighted by molar-refractivity contribution is 0.102. The molecule has 0 aliphatic heterocycles. The Morgan fingerprint density at radius 3 is 2.44 bits per heavy atom. The van der Waals surface area contributed by atoms with Gasteiger partial charge in [0, 0.05) is 18.8 Å². The Balaban J connectivity index is 2.29. The summed E-state index contributed by atoms with van der Waals surface area (Å²) in [5.41, 5.74) is 0.402. The Morgan fingerprint density at radius 2 is 1.84 bits per heavy atom. The van der Waals surface area contributed by atoms with Crippen LogP contribution in [0, 0.1) is 5.82 Å². The van der Waals surface area contributed by atoms with Crippen molar-refractivity contribution in [3.63, 3.8) is 0 Å². The first kappa shape index (κ1) is 19.4. The molecule has 0 unspecified atom stereocenters. The number of hydrogen-bond acceptors (Lipinski definition) is 3. The van der Waals surface area contributed by atoms with Gasteiger partial charge in [-0.1, -0.05) is 31.5 Å². The Hall–Kier alpha value is -1.96. The van der Waals surface area contributed by atoms with Crippen LogP contribution in [0.1, 0.15) is 24.2 Å². The maximum Gasteiger partial charge on any atom is 0.257 e. The molecule has 0 spiro atoms. The number of carbonyl (C=O) groups is 1. The average Bonchev–Trinajstić information content (AvgIpc) is 2.55. The third-order valence-corrected chi connectivity index (χ3v) is 5.97. The molecule has 0 bridgehead atoms. The SMILES string of the molecule is CCN(CC)S(=O)(=O)c1cccc(NC(=O)c2ccc(F)cc2Cl)c1. The molecule has 25 heavy (non-hydrogen) atoms. The van der Waals surface area contributed by atoms with Crippen molar-refractivity contribution in [2.45, 2.75) is 18.7 Å². The fourth-order valence-corrected chi connectivity index (χ4v) is 4.08. The number of halogens is 2. The van der Waals surface area contributed by atoms with E-state index in [1.165, 1.54) is 28.6 Å². The van der Waals surface area contributed by atoms with Crippen molar-refractivity contribution < 1.29 is 17.6 Å². The van der Waals surface area contributed by atoms with Crippen LogP contribution in [0.3, 0.4) is 0 Å². The smallest absolute Gasteiger partial charge is 0.257 e. The van der Waals surface area contributed by atoms with Crippen LogP contribution in [0.2, 0.25) is 5.02 Å². The summed E-state index contributed by atoms with van der Waals surface area (Å²) in [5.74, 6) is -1.10. The maximum absolute atomic E-state index is 13.1. The second-order valence-corrected chi connectivity index (χ2v) is 7.54. The van der Waals surface area contributed by atoms with Gasteiger partial charge in [0.1, 0.15) is 5.82 Å². The van der Waals surface area contributed by atoms with E-state index in [1.807, 2.05) is 0 Å². The van der Waals surface area contributed by atoms with E-state index in [1.54, 1.807) is 19.9 Å².